The van der Waals surface area contributed by atoms with Crippen LogP contribution in [0.5, 0.6) is 11.5 Å². The number of aromatic nitrogens is 1. The number of hydrogen-bond acceptors (Lipinski definition) is 7. The summed E-state index contributed by atoms with van der Waals surface area (Å²) in [5, 5.41) is 12.4. The summed E-state index contributed by atoms with van der Waals surface area (Å²) in [6.07, 6.45) is 0. The summed E-state index contributed by atoms with van der Waals surface area (Å²) in [7, 11) is 1.37. The van der Waals surface area contributed by atoms with Crippen molar-refractivity contribution in [2.75, 3.05) is 13.7 Å². The number of carbonyl (C=O) groups excluding carboxylic acids is 1. The third-order valence-corrected chi connectivity index (χ3v) is 4.43. The van der Waals surface area contributed by atoms with E-state index in [0.717, 1.165) is 11.5 Å². The molecule has 0 unspecified atom stereocenters. The molecule has 0 bridgehead atoms. The van der Waals surface area contributed by atoms with Gasteiger partial charge in [0.05, 0.1) is 30.2 Å². The standard InChI is InChI=1S/C20H17ClN2O6/c1-3-28-18-10-16(23(25)26)14(9-17(18)27-2)20(24)29-11-13-8-12-6-4-5-7-15(12)22-19(13)21/h4-10H,3,11H2,1-2H3. The average molecular weight is 417 g/mol. The molecule has 0 aliphatic rings. The molecular formula is C20H17ClN2O6. The highest BCUT2D eigenvalue weighted by molar-refractivity contribution is 6.30. The van der Waals surface area contributed by atoms with Gasteiger partial charge in [0.25, 0.3) is 5.69 Å². The maximum absolute atomic E-state index is 12.6. The number of carbonyl (C=O) groups is 1. The number of nitro benzene ring substituents is 1. The lowest BCUT2D eigenvalue weighted by molar-refractivity contribution is -0.385. The Morgan fingerprint density at radius 1 is 1.21 bits per heavy atom. The van der Waals surface area contributed by atoms with Crippen LogP contribution in [0.1, 0.15) is 22.8 Å². The van der Waals surface area contributed by atoms with Crippen molar-refractivity contribution in [3.05, 3.63) is 68.9 Å². The van der Waals surface area contributed by atoms with E-state index in [0.29, 0.717) is 11.1 Å². The van der Waals surface area contributed by atoms with Crippen LogP contribution in [0, 0.1) is 10.1 Å². The second-order valence-electron chi connectivity index (χ2n) is 5.92. The van der Waals surface area contributed by atoms with E-state index in [2.05, 4.69) is 4.98 Å². The minimum Gasteiger partial charge on any atom is -0.493 e. The molecule has 2 aromatic carbocycles. The normalized spacial score (nSPS) is 10.6. The fraction of sp³-hybridized carbons (Fsp3) is 0.200. The third kappa shape index (κ3) is 4.38. The largest absolute Gasteiger partial charge is 0.493 e. The van der Waals surface area contributed by atoms with Gasteiger partial charge in [0, 0.05) is 17.0 Å². The van der Waals surface area contributed by atoms with Crippen LogP contribution in [-0.2, 0) is 11.3 Å². The monoisotopic (exact) mass is 416 g/mol. The average Bonchev–Trinajstić information content (AvgIpc) is 2.71. The van der Waals surface area contributed by atoms with Crippen molar-refractivity contribution in [3.8, 4) is 11.5 Å². The maximum Gasteiger partial charge on any atom is 0.345 e. The number of ether oxygens (including phenoxy) is 3. The van der Waals surface area contributed by atoms with E-state index in [1.807, 2.05) is 24.3 Å². The number of hydrogen-bond donors (Lipinski definition) is 0. The molecule has 150 valence electrons. The van der Waals surface area contributed by atoms with Crippen molar-refractivity contribution < 1.29 is 23.9 Å². The first kappa shape index (κ1) is 20.3. The zero-order valence-corrected chi connectivity index (χ0v) is 16.4. The predicted molar refractivity (Wildman–Crippen MR) is 107 cm³/mol. The summed E-state index contributed by atoms with van der Waals surface area (Å²) >= 11 is 6.17. The zero-order valence-electron chi connectivity index (χ0n) is 15.7. The molecule has 9 heteroatoms. The van der Waals surface area contributed by atoms with E-state index < -0.39 is 16.6 Å². The summed E-state index contributed by atoms with van der Waals surface area (Å²) in [6, 6.07) is 11.5. The molecule has 0 saturated carbocycles. The van der Waals surface area contributed by atoms with Crippen molar-refractivity contribution in [3.63, 3.8) is 0 Å². The van der Waals surface area contributed by atoms with Crippen molar-refractivity contribution in [2.24, 2.45) is 0 Å². The Balaban J connectivity index is 1.89. The zero-order chi connectivity index (χ0) is 21.0. The molecule has 0 amide bonds. The third-order valence-electron chi connectivity index (χ3n) is 4.11. The number of fused-ring (bicyclic) bond motifs is 1. The second kappa shape index (κ2) is 8.74. The summed E-state index contributed by atoms with van der Waals surface area (Å²) in [5.74, 6) is -0.530. The molecule has 0 N–H and O–H groups in total. The Hall–Kier alpha value is -3.39. The van der Waals surface area contributed by atoms with Gasteiger partial charge in [-0.2, -0.15) is 0 Å². The summed E-state index contributed by atoms with van der Waals surface area (Å²) in [6.45, 7) is 1.82. The fourth-order valence-corrected chi connectivity index (χ4v) is 2.95. The molecule has 0 saturated heterocycles. The van der Waals surface area contributed by atoms with E-state index in [1.54, 1.807) is 13.0 Å². The number of methoxy groups -OCH3 is 1. The Morgan fingerprint density at radius 3 is 2.66 bits per heavy atom. The number of nitrogens with zero attached hydrogens (tertiary/aromatic N) is 2. The molecule has 3 rings (SSSR count). The highest BCUT2D eigenvalue weighted by Crippen LogP contribution is 2.35. The van der Waals surface area contributed by atoms with Gasteiger partial charge in [0.15, 0.2) is 11.5 Å². The van der Waals surface area contributed by atoms with Crippen molar-refractivity contribution in [1.29, 1.82) is 0 Å². The second-order valence-corrected chi connectivity index (χ2v) is 6.28. The number of benzene rings is 2. The molecule has 3 aromatic rings. The minimum absolute atomic E-state index is 0.167. The van der Waals surface area contributed by atoms with Gasteiger partial charge in [0.1, 0.15) is 17.3 Å². The van der Waals surface area contributed by atoms with Crippen LogP contribution in [0.2, 0.25) is 5.15 Å². The van der Waals surface area contributed by atoms with Crippen LogP contribution < -0.4 is 9.47 Å². The quantitative estimate of drug-likeness (QED) is 0.241. The van der Waals surface area contributed by atoms with Crippen LogP contribution in [0.25, 0.3) is 10.9 Å². The van der Waals surface area contributed by atoms with Gasteiger partial charge in [0.2, 0.25) is 0 Å². The lowest BCUT2D eigenvalue weighted by Crippen LogP contribution is -2.10. The molecule has 1 heterocycles. The van der Waals surface area contributed by atoms with Crippen molar-refractivity contribution in [1.82, 2.24) is 4.98 Å². The van der Waals surface area contributed by atoms with Gasteiger partial charge in [-0.1, -0.05) is 29.8 Å². The van der Waals surface area contributed by atoms with Crippen LogP contribution in [0.15, 0.2) is 42.5 Å². The lowest BCUT2D eigenvalue weighted by atomic mass is 10.1. The summed E-state index contributed by atoms with van der Waals surface area (Å²) in [4.78, 5) is 27.6. The Morgan fingerprint density at radius 2 is 1.97 bits per heavy atom. The van der Waals surface area contributed by atoms with Gasteiger partial charge in [-0.05, 0) is 19.1 Å². The van der Waals surface area contributed by atoms with Gasteiger partial charge in [-0.15, -0.1) is 0 Å². The van der Waals surface area contributed by atoms with Crippen LogP contribution in [0.4, 0.5) is 5.69 Å². The van der Waals surface area contributed by atoms with Crippen molar-refractivity contribution >= 4 is 34.2 Å². The summed E-state index contributed by atoms with van der Waals surface area (Å²) in [5.41, 5.74) is 0.501. The van der Waals surface area contributed by atoms with E-state index in [-0.39, 0.29) is 35.4 Å². The predicted octanol–water partition coefficient (Wildman–Crippen LogP) is 4.56. The lowest BCUT2D eigenvalue weighted by Gasteiger charge is -2.12. The molecular weight excluding hydrogens is 400 g/mol. The molecule has 0 spiro atoms. The number of rotatable bonds is 7. The number of halogens is 1. The van der Waals surface area contributed by atoms with Crippen LogP contribution in [-0.4, -0.2) is 29.6 Å². The van der Waals surface area contributed by atoms with Crippen molar-refractivity contribution in [2.45, 2.75) is 13.5 Å². The Kier molecular flexibility index (Phi) is 6.13. The smallest absolute Gasteiger partial charge is 0.345 e. The molecule has 0 atom stereocenters. The van der Waals surface area contributed by atoms with E-state index in [4.69, 9.17) is 25.8 Å². The van der Waals surface area contributed by atoms with Gasteiger partial charge in [-0.25, -0.2) is 9.78 Å². The number of nitro groups is 1. The molecule has 0 radical (unpaired) electrons. The molecule has 29 heavy (non-hydrogen) atoms. The van der Waals surface area contributed by atoms with E-state index in [1.165, 1.54) is 13.2 Å². The van der Waals surface area contributed by atoms with E-state index >= 15 is 0 Å². The van der Waals surface area contributed by atoms with Gasteiger partial charge >= 0.3 is 5.97 Å². The number of para-hydroxylation sites is 1. The van der Waals surface area contributed by atoms with Gasteiger partial charge in [-0.3, -0.25) is 10.1 Å². The highest BCUT2D eigenvalue weighted by Gasteiger charge is 2.26. The number of pyridine rings is 1. The highest BCUT2D eigenvalue weighted by atomic mass is 35.5. The minimum atomic E-state index is -0.887. The van der Waals surface area contributed by atoms with Gasteiger partial charge < -0.3 is 14.2 Å². The van der Waals surface area contributed by atoms with Crippen LogP contribution in [0.3, 0.4) is 0 Å². The Labute approximate surface area is 171 Å². The first-order chi connectivity index (χ1) is 13.9. The van der Waals surface area contributed by atoms with E-state index in [9.17, 15) is 14.9 Å². The molecule has 0 fully saturated rings. The molecule has 1 aromatic heterocycles. The topological polar surface area (TPSA) is 101 Å². The first-order valence-electron chi connectivity index (χ1n) is 8.65. The molecule has 8 nitrogen and oxygen atoms in total. The maximum atomic E-state index is 12.6. The fourth-order valence-electron chi connectivity index (χ4n) is 2.75. The SMILES string of the molecule is CCOc1cc([N+](=O)[O-])c(C(=O)OCc2cc3ccccc3nc2Cl)cc1OC. The summed E-state index contributed by atoms with van der Waals surface area (Å²) < 4.78 is 15.8. The number of esters is 1. The van der Waals surface area contributed by atoms with Crippen LogP contribution >= 0.6 is 11.6 Å². The molecule has 0 aliphatic heterocycles. The Bertz CT molecular complexity index is 1090. The first-order valence-corrected chi connectivity index (χ1v) is 9.03. The molecule has 0 aliphatic carbocycles.